The summed E-state index contributed by atoms with van der Waals surface area (Å²) in [6.45, 7) is -4.68. The largest absolute Gasteiger partial charge is 0.391 e. The molecule has 0 unspecified atom stereocenters. The molecule has 4 rings (SSSR count). The van der Waals surface area contributed by atoms with Crippen molar-refractivity contribution in [1.82, 2.24) is 0 Å². The van der Waals surface area contributed by atoms with E-state index in [1.807, 2.05) is 0 Å². The summed E-state index contributed by atoms with van der Waals surface area (Å²) in [5.41, 5.74) is -13.4. The van der Waals surface area contributed by atoms with Gasteiger partial charge in [-0.2, -0.15) is 0 Å². The van der Waals surface area contributed by atoms with Gasteiger partial charge in [0.05, 0.1) is 53.2 Å². The highest BCUT2D eigenvalue weighted by atomic mass is 19.2. The lowest BCUT2D eigenvalue weighted by Gasteiger charge is -2.17. The van der Waals surface area contributed by atoms with Crippen LogP contribution in [0.1, 0.15) is 16.7 Å². The fourth-order valence-electron chi connectivity index (χ4n) is 4.27. The molecular weight excluding hydrogens is 600 g/mol. The lowest BCUT2D eigenvalue weighted by Crippen LogP contribution is -2.09. The van der Waals surface area contributed by atoms with E-state index >= 15 is 0 Å². The van der Waals surface area contributed by atoms with Crippen molar-refractivity contribution in [3.05, 3.63) is 105 Å². The molecule has 0 saturated heterocycles. The van der Waals surface area contributed by atoms with Gasteiger partial charge in [0.2, 0.25) is 0 Å². The van der Waals surface area contributed by atoms with Gasteiger partial charge in [0, 0.05) is 0 Å². The van der Waals surface area contributed by atoms with Crippen LogP contribution in [0.2, 0.25) is 0 Å². The van der Waals surface area contributed by atoms with Crippen LogP contribution in [0.5, 0.6) is 0 Å². The number of rotatable bonds is 6. The second-order valence-corrected chi connectivity index (χ2v) is 8.60. The van der Waals surface area contributed by atoms with E-state index in [4.69, 9.17) is 15.3 Å². The summed E-state index contributed by atoms with van der Waals surface area (Å²) >= 11 is 0. The van der Waals surface area contributed by atoms with Gasteiger partial charge in [-0.1, -0.05) is 0 Å². The van der Waals surface area contributed by atoms with E-state index in [0.717, 1.165) is 0 Å². The minimum Gasteiger partial charge on any atom is -0.391 e. The Morgan fingerprint density at radius 3 is 0.619 bits per heavy atom. The van der Waals surface area contributed by atoms with E-state index < -0.39 is 140 Å². The molecule has 0 saturated carbocycles. The Morgan fingerprint density at radius 1 is 0.310 bits per heavy atom. The Kier molecular flexibility index (Phi) is 8.31. The van der Waals surface area contributed by atoms with E-state index in [9.17, 15) is 52.7 Å². The molecule has 3 nitrogen and oxygen atoms in total. The van der Waals surface area contributed by atoms with Crippen LogP contribution in [0, 0.1) is 69.8 Å². The molecule has 0 aliphatic carbocycles. The molecule has 3 N–H and O–H groups in total. The Balaban J connectivity index is 2.22. The number of hydrogen-bond acceptors (Lipinski definition) is 3. The van der Waals surface area contributed by atoms with Gasteiger partial charge in [-0.15, -0.1) is 0 Å². The summed E-state index contributed by atoms with van der Waals surface area (Å²) in [7, 11) is 0. The maximum Gasteiger partial charge on any atom is 0.170 e. The molecule has 0 aliphatic heterocycles. The van der Waals surface area contributed by atoms with Crippen molar-refractivity contribution in [2.75, 3.05) is 0 Å². The highest BCUT2D eigenvalue weighted by Crippen LogP contribution is 2.42. The van der Waals surface area contributed by atoms with Gasteiger partial charge in [0.25, 0.3) is 0 Å². The van der Waals surface area contributed by atoms with Crippen molar-refractivity contribution in [3.63, 3.8) is 0 Å². The maximum atomic E-state index is 14.9. The van der Waals surface area contributed by atoms with Crippen LogP contribution >= 0.6 is 0 Å². The molecule has 0 aromatic heterocycles. The molecule has 15 heteroatoms. The topological polar surface area (TPSA) is 60.7 Å². The van der Waals surface area contributed by atoms with Gasteiger partial charge in [-0.3, -0.25) is 0 Å². The van der Waals surface area contributed by atoms with E-state index in [2.05, 4.69) is 0 Å². The highest BCUT2D eigenvalue weighted by Gasteiger charge is 2.31. The second-order valence-electron chi connectivity index (χ2n) is 8.60. The molecule has 0 aliphatic rings. The fraction of sp³-hybridized carbons (Fsp3) is 0.111. The molecule has 222 valence electrons. The number of aliphatic hydroxyl groups excluding tert-OH is 3. The van der Waals surface area contributed by atoms with Crippen LogP contribution < -0.4 is 0 Å². The summed E-state index contributed by atoms with van der Waals surface area (Å²) in [4.78, 5) is 0. The van der Waals surface area contributed by atoms with E-state index in [1.54, 1.807) is 0 Å². The minimum atomic E-state index is -2.26. The standard InChI is InChI=1S/C27H12F12O3/c28-16-10(4-40)17(29)23(35)13(22(16)34)7-1-8(14-24(36)18(30)11(5-41)19(31)25(14)37)3-9(2-7)15-26(38)20(32)12(6-42)21(33)27(15)39/h1-3,40-42H,4-6H2. The van der Waals surface area contributed by atoms with Gasteiger partial charge in [-0.25, -0.2) is 52.7 Å². The number of hydrogen-bond donors (Lipinski definition) is 3. The normalized spacial score (nSPS) is 11.5. The van der Waals surface area contributed by atoms with E-state index in [0.29, 0.717) is 0 Å². The third-order valence-corrected chi connectivity index (χ3v) is 6.34. The zero-order valence-corrected chi connectivity index (χ0v) is 20.2. The molecule has 0 spiro atoms. The molecule has 0 radical (unpaired) electrons. The summed E-state index contributed by atoms with van der Waals surface area (Å²) < 4.78 is 176. The van der Waals surface area contributed by atoms with Gasteiger partial charge in [-0.05, 0) is 34.9 Å². The first kappa shape index (κ1) is 30.9. The second kappa shape index (κ2) is 11.3. The molecule has 0 atom stereocenters. The SMILES string of the molecule is OCc1c(F)c(F)c(-c2cc(-c3c(F)c(F)c(CO)c(F)c3F)cc(-c3c(F)c(F)c(CO)c(F)c3F)c2)c(F)c1F. The molecular formula is C27H12F12O3. The lowest BCUT2D eigenvalue weighted by atomic mass is 9.90. The molecule has 0 fully saturated rings. The fourth-order valence-corrected chi connectivity index (χ4v) is 4.27. The average molecular weight is 612 g/mol. The smallest absolute Gasteiger partial charge is 0.170 e. The average Bonchev–Trinajstić information content (AvgIpc) is 2.95. The molecule has 0 bridgehead atoms. The first-order chi connectivity index (χ1) is 19.7. The van der Waals surface area contributed by atoms with Crippen molar-refractivity contribution >= 4 is 0 Å². The van der Waals surface area contributed by atoms with Crippen LogP contribution in [0.3, 0.4) is 0 Å². The summed E-state index contributed by atoms with van der Waals surface area (Å²) in [5.74, 6) is -26.6. The zero-order chi connectivity index (χ0) is 31.4. The zero-order valence-electron chi connectivity index (χ0n) is 20.2. The first-order valence-corrected chi connectivity index (χ1v) is 11.3. The van der Waals surface area contributed by atoms with E-state index in [1.165, 1.54) is 0 Å². The summed E-state index contributed by atoms with van der Waals surface area (Å²) in [6.07, 6.45) is 0. The number of aliphatic hydroxyl groups is 3. The van der Waals surface area contributed by atoms with Crippen LogP contribution in [0.25, 0.3) is 33.4 Å². The number of halogens is 12. The Morgan fingerprint density at radius 2 is 0.476 bits per heavy atom. The lowest BCUT2D eigenvalue weighted by molar-refractivity contribution is 0.263. The van der Waals surface area contributed by atoms with Gasteiger partial charge < -0.3 is 15.3 Å². The van der Waals surface area contributed by atoms with Gasteiger partial charge >= 0.3 is 0 Å². The predicted molar refractivity (Wildman–Crippen MR) is 120 cm³/mol. The molecule has 42 heavy (non-hydrogen) atoms. The van der Waals surface area contributed by atoms with Gasteiger partial charge in [0.1, 0.15) is 0 Å². The van der Waals surface area contributed by atoms with E-state index in [-0.39, 0.29) is 18.2 Å². The number of benzene rings is 4. The predicted octanol–water partition coefficient (Wildman–Crippen LogP) is 6.83. The van der Waals surface area contributed by atoms with Crippen molar-refractivity contribution < 1.29 is 68.0 Å². The summed E-state index contributed by atoms with van der Waals surface area (Å²) in [6, 6.07) is 0.810. The Labute approximate surface area is 226 Å². The highest BCUT2D eigenvalue weighted by molar-refractivity contribution is 5.83. The Bertz CT molecular complexity index is 1470. The molecule has 4 aromatic carbocycles. The Hall–Kier alpha value is -4.08. The minimum absolute atomic E-state index is 0.270. The third kappa shape index (κ3) is 4.57. The van der Waals surface area contributed by atoms with Crippen molar-refractivity contribution in [2.45, 2.75) is 19.8 Å². The van der Waals surface area contributed by atoms with Crippen LogP contribution in [-0.4, -0.2) is 15.3 Å². The maximum absolute atomic E-state index is 14.9. The monoisotopic (exact) mass is 612 g/mol. The quantitative estimate of drug-likeness (QED) is 0.165. The van der Waals surface area contributed by atoms with Crippen molar-refractivity contribution in [1.29, 1.82) is 0 Å². The van der Waals surface area contributed by atoms with Crippen molar-refractivity contribution in [3.8, 4) is 33.4 Å². The van der Waals surface area contributed by atoms with Crippen LogP contribution in [0.4, 0.5) is 52.7 Å². The third-order valence-electron chi connectivity index (χ3n) is 6.34. The summed E-state index contributed by atoms with van der Waals surface area (Å²) in [5, 5.41) is 27.1. The molecule has 0 heterocycles. The molecule has 4 aromatic rings. The first-order valence-electron chi connectivity index (χ1n) is 11.3. The van der Waals surface area contributed by atoms with Crippen LogP contribution in [0.15, 0.2) is 18.2 Å². The van der Waals surface area contributed by atoms with Crippen LogP contribution in [-0.2, 0) is 19.8 Å². The van der Waals surface area contributed by atoms with Gasteiger partial charge in [0.15, 0.2) is 69.8 Å². The molecule has 0 amide bonds. The van der Waals surface area contributed by atoms with Crippen molar-refractivity contribution in [2.24, 2.45) is 0 Å².